The summed E-state index contributed by atoms with van der Waals surface area (Å²) in [5.41, 5.74) is 5.79. The third kappa shape index (κ3) is 5.92. The van der Waals surface area contributed by atoms with Crippen LogP contribution < -0.4 is 5.73 Å². The highest BCUT2D eigenvalue weighted by Crippen LogP contribution is 2.39. The van der Waals surface area contributed by atoms with Crippen molar-refractivity contribution in [2.75, 3.05) is 6.54 Å². The average molecular weight is 568 g/mol. The molecule has 2 unspecified atom stereocenters. The van der Waals surface area contributed by atoms with E-state index in [-0.39, 0.29) is 48.9 Å². The third-order valence-corrected chi connectivity index (χ3v) is 6.04. The number of carbonyl (C=O) groups excluding carboxylic acids is 1. The number of alkyl halides is 3. The Morgan fingerprint density at radius 2 is 1.66 bits per heavy atom. The van der Waals surface area contributed by atoms with E-state index in [0.717, 1.165) is 21.6 Å². The molecule has 3 aromatic rings. The predicted octanol–water partition coefficient (Wildman–Crippen LogP) is 3.85. The van der Waals surface area contributed by atoms with Crippen molar-refractivity contribution < 1.29 is 40.6 Å². The molecule has 15 heteroatoms. The lowest BCUT2D eigenvalue weighted by atomic mass is 9.97. The molecule has 0 aliphatic carbocycles. The Morgan fingerprint density at radius 3 is 2.29 bits per heavy atom. The predicted molar refractivity (Wildman–Crippen MR) is 121 cm³/mol. The molecule has 0 spiro atoms. The van der Waals surface area contributed by atoms with E-state index in [0.29, 0.717) is 12.1 Å². The fourth-order valence-corrected chi connectivity index (χ4v) is 4.30. The normalized spacial score (nSPS) is 17.0. The zero-order valence-corrected chi connectivity index (χ0v) is 20.1. The fraction of sp³-hybridized carbons (Fsp3) is 0.348. The van der Waals surface area contributed by atoms with Crippen molar-refractivity contribution in [1.82, 2.24) is 19.7 Å². The van der Waals surface area contributed by atoms with Crippen LogP contribution in [0.5, 0.6) is 0 Å². The molecule has 4 rings (SSSR count). The quantitative estimate of drug-likeness (QED) is 0.348. The van der Waals surface area contributed by atoms with Gasteiger partial charge in [0.15, 0.2) is 17.5 Å². The second kappa shape index (κ2) is 11.3. The van der Waals surface area contributed by atoms with Crippen LogP contribution in [0.25, 0.3) is 0 Å². The number of carbonyl (C=O) groups is 1. The number of benzene rings is 2. The summed E-state index contributed by atoms with van der Waals surface area (Å²) in [6, 6.07) is 2.93. The Hall–Kier alpha value is -3.23. The molecule has 0 saturated heterocycles. The molecule has 0 fully saturated rings. The number of nitrogens with two attached hydrogens (primary N) is 1. The summed E-state index contributed by atoms with van der Waals surface area (Å²) in [6.07, 6.45) is -7.28. The molecule has 1 aromatic heterocycles. The Morgan fingerprint density at radius 1 is 1.03 bits per heavy atom. The van der Waals surface area contributed by atoms with Gasteiger partial charge in [0.2, 0.25) is 11.7 Å². The van der Waals surface area contributed by atoms with Crippen molar-refractivity contribution >= 4 is 18.3 Å². The molecule has 3 atom stereocenters. The summed E-state index contributed by atoms with van der Waals surface area (Å²) < 4.78 is 95.1. The zero-order valence-electron chi connectivity index (χ0n) is 19.3. The summed E-state index contributed by atoms with van der Waals surface area (Å²) in [4.78, 5) is 14.3. The van der Waals surface area contributed by atoms with E-state index in [9.17, 15) is 40.6 Å². The molecule has 1 amide bonds. The monoisotopic (exact) mass is 567 g/mol. The molecule has 206 valence electrons. The van der Waals surface area contributed by atoms with Gasteiger partial charge in [0, 0.05) is 31.6 Å². The lowest BCUT2D eigenvalue weighted by Crippen LogP contribution is -2.47. The van der Waals surface area contributed by atoms with Crippen LogP contribution in [0.2, 0.25) is 0 Å². The number of aromatic nitrogens is 3. The first kappa shape index (κ1) is 29.3. The smallest absolute Gasteiger partial charge is 0.386 e. The molecule has 2 aromatic carbocycles. The van der Waals surface area contributed by atoms with Crippen molar-refractivity contribution in [3.05, 3.63) is 82.4 Å². The number of rotatable bonds is 6. The van der Waals surface area contributed by atoms with Crippen LogP contribution in [0.3, 0.4) is 0 Å². The summed E-state index contributed by atoms with van der Waals surface area (Å²) >= 11 is 0. The minimum absolute atomic E-state index is 0. The fourth-order valence-electron chi connectivity index (χ4n) is 4.30. The maximum Gasteiger partial charge on any atom is 0.451 e. The number of nitrogens with zero attached hydrogens (tertiary/aromatic N) is 4. The highest BCUT2D eigenvalue weighted by atomic mass is 35.5. The number of halogens is 8. The van der Waals surface area contributed by atoms with Gasteiger partial charge >= 0.3 is 6.18 Å². The first-order valence-corrected chi connectivity index (χ1v) is 11.0. The van der Waals surface area contributed by atoms with Crippen LogP contribution >= 0.6 is 12.4 Å². The van der Waals surface area contributed by atoms with E-state index in [1.54, 1.807) is 0 Å². The minimum atomic E-state index is -4.85. The molecule has 38 heavy (non-hydrogen) atoms. The van der Waals surface area contributed by atoms with Crippen LogP contribution in [0, 0.1) is 23.3 Å². The summed E-state index contributed by atoms with van der Waals surface area (Å²) in [5, 5.41) is 17.8. The molecule has 7 nitrogen and oxygen atoms in total. The topological polar surface area (TPSA) is 97.3 Å². The summed E-state index contributed by atoms with van der Waals surface area (Å²) in [7, 11) is 0. The van der Waals surface area contributed by atoms with E-state index in [4.69, 9.17) is 5.73 Å². The van der Waals surface area contributed by atoms with Crippen molar-refractivity contribution in [2.24, 2.45) is 5.73 Å². The van der Waals surface area contributed by atoms with Gasteiger partial charge in [0.25, 0.3) is 0 Å². The maximum absolute atomic E-state index is 14.0. The van der Waals surface area contributed by atoms with Gasteiger partial charge in [-0.05, 0) is 35.7 Å². The SMILES string of the molecule is Cl.N[C@@H](CC(=O)N1CCn2c(nnc2C(F)(F)F)C1C(O)c1ccc(F)cc1)Cc1cc(F)c(F)cc1F. The third-order valence-electron chi connectivity index (χ3n) is 6.04. The van der Waals surface area contributed by atoms with E-state index < -0.39 is 65.8 Å². The standard InChI is InChI=1S/C23H20F7N5O2.ClH/c24-13-3-1-11(2-4-13)20(37)19-21-32-33-22(23(28,29)30)35(21)6-5-34(19)18(36)9-14(31)7-12-8-16(26)17(27)10-15(12)25;/h1-4,8,10,14,19-20,37H,5-7,9,31H2;1H/t14-,19?,20?;/m1./s1. The van der Waals surface area contributed by atoms with Crippen molar-refractivity contribution in [1.29, 1.82) is 0 Å². The maximum atomic E-state index is 14.0. The molecular weight excluding hydrogens is 547 g/mol. The minimum Gasteiger partial charge on any atom is -0.386 e. The molecule has 2 heterocycles. The van der Waals surface area contributed by atoms with Crippen LogP contribution in [-0.2, 0) is 23.9 Å². The largest absolute Gasteiger partial charge is 0.451 e. The van der Waals surface area contributed by atoms with Crippen LogP contribution in [0.4, 0.5) is 30.7 Å². The Labute approximate surface area is 217 Å². The van der Waals surface area contributed by atoms with Gasteiger partial charge in [0.1, 0.15) is 23.8 Å². The first-order chi connectivity index (χ1) is 17.4. The van der Waals surface area contributed by atoms with Crippen LogP contribution in [0.15, 0.2) is 36.4 Å². The van der Waals surface area contributed by atoms with Gasteiger partial charge in [-0.3, -0.25) is 4.79 Å². The number of aliphatic hydroxyl groups is 1. The average Bonchev–Trinajstić information content (AvgIpc) is 3.27. The van der Waals surface area contributed by atoms with Gasteiger partial charge in [-0.1, -0.05) is 12.1 Å². The van der Waals surface area contributed by atoms with Gasteiger partial charge in [-0.2, -0.15) is 13.2 Å². The zero-order chi connectivity index (χ0) is 27.1. The molecule has 0 bridgehead atoms. The number of fused-ring (bicyclic) bond motifs is 1. The van der Waals surface area contributed by atoms with Crippen molar-refractivity contribution in [3.63, 3.8) is 0 Å². The first-order valence-electron chi connectivity index (χ1n) is 11.0. The number of hydrogen-bond acceptors (Lipinski definition) is 5. The summed E-state index contributed by atoms with van der Waals surface area (Å²) in [5.74, 6) is -6.74. The molecule has 1 aliphatic heterocycles. The highest BCUT2D eigenvalue weighted by molar-refractivity contribution is 5.85. The van der Waals surface area contributed by atoms with E-state index in [1.807, 2.05) is 0 Å². The molecular formula is C23H21ClF7N5O2. The lowest BCUT2D eigenvalue weighted by Gasteiger charge is -2.39. The summed E-state index contributed by atoms with van der Waals surface area (Å²) in [6.45, 7) is -0.634. The second-order valence-electron chi connectivity index (χ2n) is 8.59. The van der Waals surface area contributed by atoms with Crippen molar-refractivity contribution in [3.8, 4) is 0 Å². The van der Waals surface area contributed by atoms with E-state index >= 15 is 0 Å². The van der Waals surface area contributed by atoms with Crippen molar-refractivity contribution in [2.45, 2.75) is 43.8 Å². The van der Waals surface area contributed by atoms with Gasteiger partial charge in [-0.15, -0.1) is 22.6 Å². The molecule has 0 saturated carbocycles. The number of hydrogen-bond donors (Lipinski definition) is 2. The van der Waals surface area contributed by atoms with E-state index in [1.165, 1.54) is 12.1 Å². The number of amides is 1. The van der Waals surface area contributed by atoms with Crippen LogP contribution in [-0.4, -0.2) is 43.3 Å². The lowest BCUT2D eigenvalue weighted by molar-refractivity contribution is -0.149. The Balaban J connectivity index is 0.00000400. The van der Waals surface area contributed by atoms with Gasteiger partial charge in [0.05, 0.1) is 0 Å². The molecule has 0 radical (unpaired) electrons. The van der Waals surface area contributed by atoms with Gasteiger partial charge in [-0.25, -0.2) is 17.6 Å². The second-order valence-corrected chi connectivity index (χ2v) is 8.59. The molecule has 1 aliphatic rings. The molecule has 3 N–H and O–H groups in total. The van der Waals surface area contributed by atoms with E-state index in [2.05, 4.69) is 10.2 Å². The highest BCUT2D eigenvalue weighted by Gasteiger charge is 2.45. The Bertz CT molecular complexity index is 1300. The number of aliphatic hydroxyl groups excluding tert-OH is 1. The Kier molecular flexibility index (Phi) is 8.68. The van der Waals surface area contributed by atoms with Crippen LogP contribution in [0.1, 0.15) is 41.3 Å². The van der Waals surface area contributed by atoms with Gasteiger partial charge < -0.3 is 20.3 Å².